The molecule has 0 unspecified atom stereocenters. The van der Waals surface area contributed by atoms with Crippen LogP contribution in [-0.2, 0) is 0 Å². The number of nitrogens with zero attached hydrogens (tertiary/aromatic N) is 1. The number of nitro groups is 1. The molecule has 0 saturated heterocycles. The monoisotopic (exact) mass is 452 g/mol. The molecule has 0 saturated carbocycles. The maximum absolute atomic E-state index is 11.2. The van der Waals surface area contributed by atoms with E-state index in [4.69, 9.17) is 11.6 Å². The Labute approximate surface area is 158 Å². The van der Waals surface area contributed by atoms with E-state index in [9.17, 15) is 10.1 Å². The molecule has 0 aromatic heterocycles. The van der Waals surface area contributed by atoms with E-state index in [0.29, 0.717) is 11.8 Å². The van der Waals surface area contributed by atoms with Gasteiger partial charge < -0.3 is 5.32 Å². The summed E-state index contributed by atoms with van der Waals surface area (Å²) in [7, 11) is 0. The highest BCUT2D eigenvalue weighted by Crippen LogP contribution is 2.50. The number of halogens is 2. The lowest BCUT2D eigenvalue weighted by Crippen LogP contribution is -2.29. The summed E-state index contributed by atoms with van der Waals surface area (Å²) >= 11 is 8.29. The number of allylic oxidation sites excluding steroid dienone is 2. The minimum atomic E-state index is -0.421. The van der Waals surface area contributed by atoms with Gasteiger partial charge in [0.15, 0.2) is 0 Å². The van der Waals surface area contributed by atoms with E-state index in [0.717, 1.165) is 17.7 Å². The fourth-order valence-corrected chi connectivity index (χ4v) is 4.46. The molecule has 1 heterocycles. The van der Waals surface area contributed by atoms with Crippen molar-refractivity contribution in [2.45, 2.75) is 18.4 Å². The molecule has 0 bridgehead atoms. The summed E-state index contributed by atoms with van der Waals surface area (Å²) in [6, 6.07) is 11.5. The number of fused-ring (bicyclic) bond motifs is 3. The van der Waals surface area contributed by atoms with Crippen molar-refractivity contribution < 1.29 is 4.92 Å². The van der Waals surface area contributed by atoms with Crippen molar-refractivity contribution in [2.75, 3.05) is 5.32 Å². The maximum Gasteiger partial charge on any atom is 0.288 e. The third-order valence-electron chi connectivity index (χ3n) is 4.85. The summed E-state index contributed by atoms with van der Waals surface area (Å²) in [5, 5.41) is 15.0. The summed E-state index contributed by atoms with van der Waals surface area (Å²) in [5.74, 6) is 0.701. The highest BCUT2D eigenvalue weighted by Gasteiger charge is 2.38. The van der Waals surface area contributed by atoms with Crippen LogP contribution in [0.15, 0.2) is 48.6 Å². The molecule has 1 aliphatic carbocycles. The molecule has 1 aliphatic heterocycles. The Hall–Kier alpha value is -1.60. The summed E-state index contributed by atoms with van der Waals surface area (Å²) in [6.45, 7) is 0. The second-order valence-electron chi connectivity index (χ2n) is 6.18. The average molecular weight is 453 g/mol. The zero-order valence-electron chi connectivity index (χ0n) is 12.6. The van der Waals surface area contributed by atoms with Crippen LogP contribution in [0.25, 0.3) is 0 Å². The summed E-state index contributed by atoms with van der Waals surface area (Å²) < 4.78 is 1.22. The molecule has 6 heteroatoms. The van der Waals surface area contributed by atoms with Gasteiger partial charge in [0, 0.05) is 21.2 Å². The van der Waals surface area contributed by atoms with E-state index in [-0.39, 0.29) is 16.8 Å². The van der Waals surface area contributed by atoms with Gasteiger partial charge in [-0.2, -0.15) is 0 Å². The number of rotatable bonds is 2. The number of nitrogens with one attached hydrogen (secondary N) is 1. The van der Waals surface area contributed by atoms with Crippen molar-refractivity contribution in [3.63, 3.8) is 0 Å². The molecule has 0 spiro atoms. The first kappa shape index (κ1) is 15.9. The van der Waals surface area contributed by atoms with E-state index in [1.165, 1.54) is 9.13 Å². The molecule has 2 aromatic carbocycles. The Kier molecular flexibility index (Phi) is 4.00. The summed E-state index contributed by atoms with van der Waals surface area (Å²) in [5.41, 5.74) is 3.28. The topological polar surface area (TPSA) is 55.2 Å². The Morgan fingerprint density at radius 1 is 1.25 bits per heavy atom. The van der Waals surface area contributed by atoms with Crippen LogP contribution in [0.3, 0.4) is 0 Å². The van der Waals surface area contributed by atoms with E-state index in [2.05, 4.69) is 58.3 Å². The first-order chi connectivity index (χ1) is 11.5. The van der Waals surface area contributed by atoms with E-state index in [1.807, 2.05) is 6.07 Å². The van der Waals surface area contributed by atoms with E-state index < -0.39 is 4.92 Å². The lowest BCUT2D eigenvalue weighted by Gasteiger charge is -2.37. The maximum atomic E-state index is 11.2. The molecular weight excluding hydrogens is 439 g/mol. The van der Waals surface area contributed by atoms with Crippen molar-refractivity contribution in [3.05, 3.63) is 78.4 Å². The fraction of sp³-hybridized carbons (Fsp3) is 0.222. The molecule has 24 heavy (non-hydrogen) atoms. The minimum Gasteiger partial charge on any atom is -0.378 e. The van der Waals surface area contributed by atoms with Crippen LogP contribution in [0.1, 0.15) is 29.5 Å². The summed E-state index contributed by atoms with van der Waals surface area (Å²) in [4.78, 5) is 10.8. The molecule has 0 amide bonds. The first-order valence-corrected chi connectivity index (χ1v) is 9.17. The number of benzene rings is 2. The zero-order valence-corrected chi connectivity index (χ0v) is 15.5. The molecule has 1 N–H and O–H groups in total. The van der Waals surface area contributed by atoms with Gasteiger partial charge in [0.1, 0.15) is 5.02 Å². The van der Waals surface area contributed by atoms with Crippen LogP contribution in [-0.4, -0.2) is 4.92 Å². The molecule has 4 rings (SSSR count). The van der Waals surface area contributed by atoms with Crippen LogP contribution in [0, 0.1) is 19.6 Å². The highest BCUT2D eigenvalue weighted by molar-refractivity contribution is 14.1. The second kappa shape index (κ2) is 6.04. The Morgan fingerprint density at radius 2 is 2.08 bits per heavy atom. The van der Waals surface area contributed by atoms with Crippen molar-refractivity contribution in [2.24, 2.45) is 5.92 Å². The predicted octanol–water partition coefficient (Wildman–Crippen LogP) is 5.68. The van der Waals surface area contributed by atoms with Crippen molar-refractivity contribution in [1.82, 2.24) is 0 Å². The summed E-state index contributed by atoms with van der Waals surface area (Å²) in [6.07, 6.45) is 5.44. The third-order valence-corrected chi connectivity index (χ3v) is 5.84. The Morgan fingerprint density at radius 3 is 2.88 bits per heavy atom. The Bertz CT molecular complexity index is 868. The van der Waals surface area contributed by atoms with Gasteiger partial charge in [-0.05, 0) is 70.3 Å². The van der Waals surface area contributed by atoms with Crippen LogP contribution >= 0.6 is 34.2 Å². The number of hydrogen-bond donors (Lipinski definition) is 1. The molecule has 122 valence electrons. The lowest BCUT2D eigenvalue weighted by molar-refractivity contribution is -0.384. The smallest absolute Gasteiger partial charge is 0.288 e. The quantitative estimate of drug-likeness (QED) is 0.276. The van der Waals surface area contributed by atoms with E-state index >= 15 is 0 Å². The number of anilines is 1. The van der Waals surface area contributed by atoms with Gasteiger partial charge in [0.25, 0.3) is 5.69 Å². The molecule has 2 aliphatic rings. The lowest BCUT2D eigenvalue weighted by atomic mass is 9.77. The minimum absolute atomic E-state index is 0.0353. The second-order valence-corrected chi connectivity index (χ2v) is 7.83. The van der Waals surface area contributed by atoms with Crippen molar-refractivity contribution >= 4 is 45.6 Å². The van der Waals surface area contributed by atoms with Gasteiger partial charge in [-0.25, -0.2) is 0 Å². The van der Waals surface area contributed by atoms with Crippen LogP contribution < -0.4 is 5.32 Å². The van der Waals surface area contributed by atoms with Gasteiger partial charge in [0.2, 0.25) is 0 Å². The molecule has 0 radical (unpaired) electrons. The fourth-order valence-electron chi connectivity index (χ4n) is 3.76. The standard InChI is InChI=1S/C18H14ClIN2O2/c19-15-6-4-10(8-17(15)22(23)24)18-13-3-1-2-12(13)14-9-11(20)5-7-16(14)21-18/h1-2,4-9,12-13,18,21H,3H2/t12-,13+,18+/m1/s1. The number of hydrogen-bond acceptors (Lipinski definition) is 3. The van der Waals surface area contributed by atoms with Crippen molar-refractivity contribution in [3.8, 4) is 0 Å². The highest BCUT2D eigenvalue weighted by atomic mass is 127. The largest absolute Gasteiger partial charge is 0.378 e. The van der Waals surface area contributed by atoms with Crippen LogP contribution in [0.2, 0.25) is 5.02 Å². The molecule has 2 aromatic rings. The third kappa shape index (κ3) is 2.59. The van der Waals surface area contributed by atoms with Crippen LogP contribution in [0.4, 0.5) is 11.4 Å². The first-order valence-electron chi connectivity index (χ1n) is 7.71. The molecular formula is C18H14ClIN2O2. The molecule has 4 nitrogen and oxygen atoms in total. The van der Waals surface area contributed by atoms with Gasteiger partial charge >= 0.3 is 0 Å². The zero-order chi connectivity index (χ0) is 16.8. The van der Waals surface area contributed by atoms with Crippen LogP contribution in [0.5, 0.6) is 0 Å². The molecule has 0 fully saturated rings. The number of nitro benzene ring substituents is 1. The Balaban J connectivity index is 1.79. The molecule has 3 atom stereocenters. The van der Waals surface area contributed by atoms with Gasteiger partial charge in [-0.3, -0.25) is 10.1 Å². The average Bonchev–Trinajstić information content (AvgIpc) is 3.04. The van der Waals surface area contributed by atoms with Gasteiger partial charge in [0.05, 0.1) is 11.0 Å². The van der Waals surface area contributed by atoms with E-state index in [1.54, 1.807) is 12.1 Å². The van der Waals surface area contributed by atoms with Gasteiger partial charge in [-0.15, -0.1) is 0 Å². The van der Waals surface area contributed by atoms with Gasteiger partial charge in [-0.1, -0.05) is 29.8 Å². The SMILES string of the molecule is O=[N+]([O-])c1cc([C@@H]2Nc3ccc(I)cc3[C@@H]3C=CC[C@@H]32)ccc1Cl. The van der Waals surface area contributed by atoms with Crippen molar-refractivity contribution in [1.29, 1.82) is 0 Å². The predicted molar refractivity (Wildman–Crippen MR) is 104 cm³/mol. The normalized spacial score (nSPS) is 24.2.